The summed E-state index contributed by atoms with van der Waals surface area (Å²) in [6, 6.07) is 7.00. The summed E-state index contributed by atoms with van der Waals surface area (Å²) in [6.45, 7) is 0. The number of carboxylic acids is 4. The first-order chi connectivity index (χ1) is 12.2. The Morgan fingerprint density at radius 2 is 1.15 bits per heavy atom. The SMILES string of the molecule is O=C(O)c1cc(C=Cc2ccc(C(=O)O)cc2C(=O)O)cc(C(=O)O)c1. The minimum atomic E-state index is -1.33. The van der Waals surface area contributed by atoms with Crippen molar-refractivity contribution in [2.75, 3.05) is 0 Å². The van der Waals surface area contributed by atoms with E-state index in [1.807, 2.05) is 0 Å². The van der Waals surface area contributed by atoms with Crippen LogP contribution in [0.1, 0.15) is 52.6 Å². The zero-order valence-corrected chi connectivity index (χ0v) is 13.0. The first kappa shape index (κ1) is 18.4. The van der Waals surface area contributed by atoms with Gasteiger partial charge in [0.1, 0.15) is 0 Å². The molecule has 0 fully saturated rings. The van der Waals surface area contributed by atoms with E-state index in [1.54, 1.807) is 0 Å². The van der Waals surface area contributed by atoms with Crippen LogP contribution in [0.4, 0.5) is 0 Å². The van der Waals surface area contributed by atoms with Gasteiger partial charge in [0.2, 0.25) is 0 Å². The van der Waals surface area contributed by atoms with Gasteiger partial charge in [0.25, 0.3) is 0 Å². The molecular weight excluding hydrogens is 344 g/mol. The molecule has 132 valence electrons. The van der Waals surface area contributed by atoms with Gasteiger partial charge in [0, 0.05) is 0 Å². The van der Waals surface area contributed by atoms with Gasteiger partial charge in [-0.25, -0.2) is 19.2 Å². The maximum atomic E-state index is 11.3. The quantitative estimate of drug-likeness (QED) is 0.577. The van der Waals surface area contributed by atoms with Gasteiger partial charge in [-0.3, -0.25) is 0 Å². The minimum Gasteiger partial charge on any atom is -0.478 e. The van der Waals surface area contributed by atoms with Crippen molar-refractivity contribution in [3.63, 3.8) is 0 Å². The molecule has 0 aromatic heterocycles. The summed E-state index contributed by atoms with van der Waals surface area (Å²) >= 11 is 0. The summed E-state index contributed by atoms with van der Waals surface area (Å²) in [6.07, 6.45) is 2.68. The molecule has 8 heteroatoms. The topological polar surface area (TPSA) is 149 Å². The van der Waals surface area contributed by atoms with E-state index in [1.165, 1.54) is 36.4 Å². The standard InChI is InChI=1S/C18H12O8/c19-15(20)11-4-3-10(14(8-11)18(25)26)2-1-9-5-12(16(21)22)7-13(6-9)17(23)24/h1-8H,(H,19,20)(H,21,22)(H,23,24)(H,25,26). The Morgan fingerprint density at radius 3 is 1.62 bits per heavy atom. The van der Waals surface area contributed by atoms with Crippen LogP contribution in [-0.4, -0.2) is 44.3 Å². The maximum absolute atomic E-state index is 11.3. The third-order valence-corrected chi connectivity index (χ3v) is 3.44. The van der Waals surface area contributed by atoms with Crippen molar-refractivity contribution in [1.29, 1.82) is 0 Å². The number of carboxylic acid groups (broad SMARTS) is 4. The van der Waals surface area contributed by atoms with E-state index in [0.717, 1.165) is 12.1 Å². The monoisotopic (exact) mass is 356 g/mol. The molecule has 0 aliphatic heterocycles. The lowest BCUT2D eigenvalue weighted by Crippen LogP contribution is -2.04. The molecule has 0 atom stereocenters. The van der Waals surface area contributed by atoms with Crippen LogP contribution in [-0.2, 0) is 0 Å². The maximum Gasteiger partial charge on any atom is 0.336 e. The molecular formula is C18H12O8. The van der Waals surface area contributed by atoms with E-state index in [4.69, 9.17) is 15.3 Å². The van der Waals surface area contributed by atoms with Crippen LogP contribution < -0.4 is 0 Å². The van der Waals surface area contributed by atoms with Crippen LogP contribution in [0.3, 0.4) is 0 Å². The number of benzene rings is 2. The van der Waals surface area contributed by atoms with Gasteiger partial charge >= 0.3 is 23.9 Å². The summed E-state index contributed by atoms with van der Waals surface area (Å²) in [7, 11) is 0. The summed E-state index contributed by atoms with van der Waals surface area (Å²) < 4.78 is 0. The van der Waals surface area contributed by atoms with E-state index in [-0.39, 0.29) is 33.4 Å². The lowest BCUT2D eigenvalue weighted by atomic mass is 10.0. The van der Waals surface area contributed by atoms with E-state index in [9.17, 15) is 24.3 Å². The first-order valence-electron chi connectivity index (χ1n) is 7.09. The van der Waals surface area contributed by atoms with Gasteiger partial charge in [0.05, 0.1) is 22.3 Å². The molecule has 2 aromatic rings. The molecule has 2 aromatic carbocycles. The molecule has 4 N–H and O–H groups in total. The molecule has 2 rings (SSSR count). The lowest BCUT2D eigenvalue weighted by molar-refractivity contribution is 0.0676. The summed E-state index contributed by atoms with van der Waals surface area (Å²) in [5.74, 6) is -5.22. The van der Waals surface area contributed by atoms with Crippen LogP contribution in [0, 0.1) is 0 Å². The van der Waals surface area contributed by atoms with E-state index in [0.29, 0.717) is 0 Å². The molecule has 0 radical (unpaired) electrons. The second-order valence-corrected chi connectivity index (χ2v) is 5.20. The fourth-order valence-electron chi connectivity index (χ4n) is 2.20. The van der Waals surface area contributed by atoms with E-state index in [2.05, 4.69) is 0 Å². The fraction of sp³-hybridized carbons (Fsp3) is 0. The Kier molecular flexibility index (Phi) is 5.17. The van der Waals surface area contributed by atoms with Crippen molar-refractivity contribution in [3.8, 4) is 0 Å². The van der Waals surface area contributed by atoms with Crippen LogP contribution in [0.15, 0.2) is 36.4 Å². The summed E-state index contributed by atoms with van der Waals surface area (Å²) in [4.78, 5) is 44.5. The van der Waals surface area contributed by atoms with Crippen molar-refractivity contribution in [2.45, 2.75) is 0 Å². The van der Waals surface area contributed by atoms with Crippen LogP contribution in [0.5, 0.6) is 0 Å². The minimum absolute atomic E-state index is 0.181. The number of aromatic carboxylic acids is 4. The predicted octanol–water partition coefficient (Wildman–Crippen LogP) is 2.65. The average molecular weight is 356 g/mol. The Hall–Kier alpha value is -3.94. The van der Waals surface area contributed by atoms with Crippen molar-refractivity contribution in [1.82, 2.24) is 0 Å². The highest BCUT2D eigenvalue weighted by Crippen LogP contribution is 2.18. The Labute approximate surface area is 146 Å². The lowest BCUT2D eigenvalue weighted by Gasteiger charge is -2.04. The molecule has 26 heavy (non-hydrogen) atoms. The Bertz CT molecular complexity index is 923. The van der Waals surface area contributed by atoms with E-state index < -0.39 is 23.9 Å². The fourth-order valence-corrected chi connectivity index (χ4v) is 2.20. The van der Waals surface area contributed by atoms with Crippen molar-refractivity contribution in [3.05, 3.63) is 69.8 Å². The largest absolute Gasteiger partial charge is 0.478 e. The van der Waals surface area contributed by atoms with Crippen LogP contribution >= 0.6 is 0 Å². The average Bonchev–Trinajstić information content (AvgIpc) is 2.59. The Balaban J connectivity index is 2.50. The molecule has 0 saturated carbocycles. The third kappa shape index (κ3) is 4.12. The molecule has 0 saturated heterocycles. The molecule has 8 nitrogen and oxygen atoms in total. The normalized spacial score (nSPS) is 10.6. The van der Waals surface area contributed by atoms with Crippen molar-refractivity contribution in [2.24, 2.45) is 0 Å². The van der Waals surface area contributed by atoms with Gasteiger partial charge in [-0.05, 0) is 41.5 Å². The molecule has 0 bridgehead atoms. The summed E-state index contributed by atoms with van der Waals surface area (Å²) in [5.41, 5.74) is -0.496. The predicted molar refractivity (Wildman–Crippen MR) is 89.6 cm³/mol. The number of rotatable bonds is 6. The highest BCUT2D eigenvalue weighted by Gasteiger charge is 2.13. The van der Waals surface area contributed by atoms with Gasteiger partial charge in [-0.2, -0.15) is 0 Å². The number of carbonyl (C=O) groups is 4. The Morgan fingerprint density at radius 1 is 0.615 bits per heavy atom. The first-order valence-corrected chi connectivity index (χ1v) is 7.09. The number of hydrogen-bond acceptors (Lipinski definition) is 4. The number of hydrogen-bond donors (Lipinski definition) is 4. The molecule has 0 aliphatic carbocycles. The van der Waals surface area contributed by atoms with Gasteiger partial charge in [-0.15, -0.1) is 0 Å². The smallest absolute Gasteiger partial charge is 0.336 e. The second kappa shape index (κ2) is 7.31. The highest BCUT2D eigenvalue weighted by molar-refractivity contribution is 5.98. The van der Waals surface area contributed by atoms with Crippen molar-refractivity contribution < 1.29 is 39.6 Å². The van der Waals surface area contributed by atoms with E-state index >= 15 is 0 Å². The van der Waals surface area contributed by atoms with Gasteiger partial charge < -0.3 is 20.4 Å². The summed E-state index contributed by atoms with van der Waals surface area (Å²) in [5, 5.41) is 36.3. The zero-order valence-electron chi connectivity index (χ0n) is 13.0. The third-order valence-electron chi connectivity index (χ3n) is 3.44. The van der Waals surface area contributed by atoms with Crippen LogP contribution in [0.25, 0.3) is 12.2 Å². The zero-order chi connectivity index (χ0) is 19.4. The van der Waals surface area contributed by atoms with Crippen molar-refractivity contribution >= 4 is 36.0 Å². The highest BCUT2D eigenvalue weighted by atomic mass is 16.4. The van der Waals surface area contributed by atoms with Gasteiger partial charge in [-0.1, -0.05) is 18.2 Å². The molecule has 0 heterocycles. The van der Waals surface area contributed by atoms with Crippen LogP contribution in [0.2, 0.25) is 0 Å². The molecule has 0 aliphatic rings. The second-order valence-electron chi connectivity index (χ2n) is 5.20. The molecule has 0 spiro atoms. The van der Waals surface area contributed by atoms with Gasteiger partial charge in [0.15, 0.2) is 0 Å². The molecule has 0 unspecified atom stereocenters. The molecule has 0 amide bonds.